The number of rotatable bonds is 4. The minimum Gasteiger partial charge on any atom is -0.0610 e. The minimum absolute atomic E-state index is 0.416. The fourth-order valence-corrected chi connectivity index (χ4v) is 8.74. The first-order valence-corrected chi connectivity index (χ1v) is 17.4. The highest BCUT2D eigenvalue weighted by Gasteiger charge is 2.19. The molecule has 0 fully saturated rings. The molecule has 10 rings (SSSR count). The average Bonchev–Trinajstić information content (AvgIpc) is 3.11. The molecular weight excluding hydrogens is 577 g/mol. The van der Waals surface area contributed by atoms with Crippen LogP contribution in [0.2, 0.25) is 0 Å². The van der Waals surface area contributed by atoms with E-state index in [2.05, 4.69) is 161 Å². The van der Waals surface area contributed by atoms with Gasteiger partial charge in [0.15, 0.2) is 0 Å². The van der Waals surface area contributed by atoms with Gasteiger partial charge in [-0.25, -0.2) is 0 Å². The number of hydrogen-bond acceptors (Lipinski definition) is 0. The highest BCUT2D eigenvalue weighted by Crippen LogP contribution is 2.45. The predicted molar refractivity (Wildman–Crippen MR) is 210 cm³/mol. The Labute approximate surface area is 280 Å². The first-order valence-electron chi connectivity index (χ1n) is 17.4. The van der Waals surface area contributed by atoms with Gasteiger partial charge in [0.1, 0.15) is 0 Å². The van der Waals surface area contributed by atoms with Gasteiger partial charge in [0, 0.05) is 0 Å². The lowest BCUT2D eigenvalue weighted by molar-refractivity contribution is 0.876. The zero-order chi connectivity index (χ0) is 32.3. The maximum atomic E-state index is 2.47. The van der Waals surface area contributed by atoms with Crippen LogP contribution in [0.1, 0.15) is 50.7 Å². The van der Waals surface area contributed by atoms with Crippen molar-refractivity contribution in [3.05, 3.63) is 145 Å². The summed E-state index contributed by atoms with van der Waals surface area (Å²) in [6, 6.07) is 51.0. The van der Waals surface area contributed by atoms with Crippen molar-refractivity contribution in [3.8, 4) is 22.3 Å². The molecule has 228 valence electrons. The van der Waals surface area contributed by atoms with Crippen molar-refractivity contribution < 1.29 is 0 Å². The van der Waals surface area contributed by atoms with Gasteiger partial charge in [0.05, 0.1) is 0 Å². The van der Waals surface area contributed by atoms with Crippen molar-refractivity contribution in [3.63, 3.8) is 0 Å². The lowest BCUT2D eigenvalue weighted by atomic mass is 9.82. The summed E-state index contributed by atoms with van der Waals surface area (Å²) >= 11 is 0. The Bertz CT molecular complexity index is 2870. The van der Waals surface area contributed by atoms with Crippen LogP contribution in [0.4, 0.5) is 0 Å². The molecule has 10 aromatic rings. The zero-order valence-electron chi connectivity index (χ0n) is 27.9. The normalized spacial score (nSPS) is 12.5. The third-order valence-corrected chi connectivity index (χ3v) is 11.1. The molecule has 0 bridgehead atoms. The van der Waals surface area contributed by atoms with Crippen LogP contribution in [0.5, 0.6) is 0 Å². The molecule has 0 unspecified atom stereocenters. The molecule has 0 radical (unpaired) electrons. The van der Waals surface area contributed by atoms with Crippen molar-refractivity contribution in [1.82, 2.24) is 0 Å². The molecule has 10 aromatic carbocycles. The van der Waals surface area contributed by atoms with E-state index in [1.807, 2.05) is 0 Å². The van der Waals surface area contributed by atoms with Gasteiger partial charge in [0.25, 0.3) is 0 Å². The molecule has 0 atom stereocenters. The summed E-state index contributed by atoms with van der Waals surface area (Å²) in [4.78, 5) is 0. The third-order valence-electron chi connectivity index (χ3n) is 11.1. The molecule has 0 saturated carbocycles. The summed E-state index contributed by atoms with van der Waals surface area (Å²) in [5.74, 6) is 0.890. The van der Waals surface area contributed by atoms with E-state index in [1.165, 1.54) is 109 Å². The molecule has 0 heterocycles. The van der Waals surface area contributed by atoms with E-state index < -0.39 is 0 Å². The number of benzene rings is 10. The lowest BCUT2D eigenvalue weighted by Crippen LogP contribution is -1.97. The van der Waals surface area contributed by atoms with Crippen LogP contribution in [-0.4, -0.2) is 0 Å². The third kappa shape index (κ3) is 3.84. The van der Waals surface area contributed by atoms with Crippen molar-refractivity contribution in [2.24, 2.45) is 0 Å². The first-order chi connectivity index (χ1) is 23.4. The highest BCUT2D eigenvalue weighted by molar-refractivity contribution is 6.27. The molecule has 0 heteroatoms. The van der Waals surface area contributed by atoms with E-state index in [-0.39, 0.29) is 0 Å². The Balaban J connectivity index is 1.21. The monoisotopic (exact) mass is 612 g/mol. The molecule has 0 amide bonds. The fraction of sp³-hybridized carbons (Fsp3) is 0.125. The van der Waals surface area contributed by atoms with Crippen molar-refractivity contribution in [1.29, 1.82) is 0 Å². The molecular formula is C48H36. The Kier molecular flexibility index (Phi) is 5.77. The molecule has 48 heavy (non-hydrogen) atoms. The van der Waals surface area contributed by atoms with Crippen LogP contribution in [0, 0.1) is 0 Å². The Hall–Kier alpha value is -5.46. The second-order valence-electron chi connectivity index (χ2n) is 14.5. The van der Waals surface area contributed by atoms with Crippen LogP contribution in [0.3, 0.4) is 0 Å². The standard InChI is InChI=1S/C48H36/c1-27(2)37-18-14-33-17-21-41-43(28(3)4)26-44(42-23-22-39(37)47(33)48(41)42)35-13-9-29-8-12-34(24-36(29)25-35)38-19-15-32-11-10-30-6-5-7-31-16-20-40(38)46(32)45(30)31/h5-28H,1-4H3. The Morgan fingerprint density at radius 1 is 0.312 bits per heavy atom. The van der Waals surface area contributed by atoms with Crippen LogP contribution in [0.25, 0.3) is 97.7 Å². The van der Waals surface area contributed by atoms with Crippen molar-refractivity contribution >= 4 is 75.4 Å². The van der Waals surface area contributed by atoms with Gasteiger partial charge in [-0.15, -0.1) is 0 Å². The van der Waals surface area contributed by atoms with Gasteiger partial charge < -0.3 is 0 Å². The van der Waals surface area contributed by atoms with Crippen LogP contribution >= 0.6 is 0 Å². The SMILES string of the molecule is CC(C)c1ccc2ccc3c(C(C)C)cc(-c4ccc5ccc(-c6ccc7ccc8cccc9ccc6c7c89)cc5c4)c4ccc1c2c43. The molecule has 0 spiro atoms. The zero-order valence-corrected chi connectivity index (χ0v) is 27.9. The molecule has 0 aliphatic rings. The molecule has 0 aliphatic heterocycles. The quantitative estimate of drug-likeness (QED) is 0.173. The van der Waals surface area contributed by atoms with Crippen molar-refractivity contribution in [2.45, 2.75) is 39.5 Å². The molecule has 0 N–H and O–H groups in total. The first kappa shape index (κ1) is 27.6. The molecule has 0 aliphatic carbocycles. The second-order valence-corrected chi connectivity index (χ2v) is 14.5. The fourth-order valence-electron chi connectivity index (χ4n) is 8.74. The van der Waals surface area contributed by atoms with E-state index >= 15 is 0 Å². The smallest absolute Gasteiger partial charge is 0.00176 e. The summed E-state index contributed by atoms with van der Waals surface area (Å²) in [6.45, 7) is 9.28. The average molecular weight is 613 g/mol. The van der Waals surface area contributed by atoms with E-state index in [4.69, 9.17) is 0 Å². The molecule has 0 aromatic heterocycles. The van der Waals surface area contributed by atoms with Crippen LogP contribution in [-0.2, 0) is 0 Å². The topological polar surface area (TPSA) is 0 Å². The van der Waals surface area contributed by atoms with Crippen molar-refractivity contribution in [2.75, 3.05) is 0 Å². The Morgan fingerprint density at radius 2 is 0.792 bits per heavy atom. The maximum absolute atomic E-state index is 2.47. The van der Waals surface area contributed by atoms with E-state index in [0.29, 0.717) is 11.8 Å². The summed E-state index contributed by atoms with van der Waals surface area (Å²) in [7, 11) is 0. The van der Waals surface area contributed by atoms with Gasteiger partial charge in [-0.2, -0.15) is 0 Å². The number of fused-ring (bicyclic) bond motifs is 1. The van der Waals surface area contributed by atoms with E-state index in [9.17, 15) is 0 Å². The summed E-state index contributed by atoms with van der Waals surface area (Å²) in [6.07, 6.45) is 0. The van der Waals surface area contributed by atoms with Gasteiger partial charge >= 0.3 is 0 Å². The van der Waals surface area contributed by atoms with Crippen LogP contribution < -0.4 is 0 Å². The lowest BCUT2D eigenvalue weighted by Gasteiger charge is -2.21. The molecule has 0 nitrogen and oxygen atoms in total. The van der Waals surface area contributed by atoms with Gasteiger partial charge in [-0.05, 0) is 139 Å². The summed E-state index contributed by atoms with van der Waals surface area (Å²) in [5.41, 5.74) is 8.00. The van der Waals surface area contributed by atoms with E-state index in [0.717, 1.165) is 0 Å². The van der Waals surface area contributed by atoms with Crippen LogP contribution in [0.15, 0.2) is 133 Å². The minimum atomic E-state index is 0.416. The maximum Gasteiger partial charge on any atom is -0.00176 e. The van der Waals surface area contributed by atoms with E-state index in [1.54, 1.807) is 0 Å². The second kappa shape index (κ2) is 10.0. The summed E-state index contributed by atoms with van der Waals surface area (Å²) < 4.78 is 0. The van der Waals surface area contributed by atoms with Gasteiger partial charge in [-0.1, -0.05) is 143 Å². The largest absolute Gasteiger partial charge is 0.0610 e. The van der Waals surface area contributed by atoms with Gasteiger partial charge in [0.2, 0.25) is 0 Å². The number of hydrogen-bond donors (Lipinski definition) is 0. The Morgan fingerprint density at radius 3 is 1.50 bits per heavy atom. The molecule has 0 saturated heterocycles. The highest BCUT2D eigenvalue weighted by atomic mass is 14.2. The predicted octanol–water partition coefficient (Wildman–Crippen LogP) is 14.2. The van der Waals surface area contributed by atoms with Gasteiger partial charge in [-0.3, -0.25) is 0 Å². The summed E-state index contributed by atoms with van der Waals surface area (Å²) in [5, 5.41) is 18.8.